The van der Waals surface area contributed by atoms with E-state index in [-0.39, 0.29) is 11.4 Å². The van der Waals surface area contributed by atoms with Crippen LogP contribution in [0.4, 0.5) is 10.5 Å². The number of thioether (sulfide) groups is 1. The Bertz CT molecular complexity index is 1250. The highest BCUT2D eigenvalue weighted by Crippen LogP contribution is 2.33. The zero-order chi connectivity index (χ0) is 22.8. The van der Waals surface area contributed by atoms with Crippen molar-refractivity contribution in [1.29, 1.82) is 0 Å². The fourth-order valence-electron chi connectivity index (χ4n) is 3.45. The van der Waals surface area contributed by atoms with Gasteiger partial charge < -0.3 is 9.88 Å². The molecule has 3 heterocycles. The molecule has 0 saturated carbocycles. The van der Waals surface area contributed by atoms with Crippen molar-refractivity contribution in [2.45, 2.75) is 13.8 Å². The van der Waals surface area contributed by atoms with E-state index >= 15 is 0 Å². The van der Waals surface area contributed by atoms with E-state index in [1.807, 2.05) is 42.7 Å². The normalized spacial score (nSPS) is 15.0. The number of aromatic nitrogens is 2. The van der Waals surface area contributed by atoms with Crippen LogP contribution in [0, 0.1) is 13.8 Å². The lowest BCUT2D eigenvalue weighted by atomic mass is 10.2. The Morgan fingerprint density at radius 3 is 2.62 bits per heavy atom. The molecule has 1 aromatic carbocycles. The summed E-state index contributed by atoms with van der Waals surface area (Å²) in [7, 11) is 0. The highest BCUT2D eigenvalue weighted by atomic mass is 35.5. The number of hydrogen-bond donors (Lipinski definition) is 1. The highest BCUT2D eigenvalue weighted by Gasteiger charge is 2.36. The van der Waals surface area contributed by atoms with E-state index in [0.717, 1.165) is 39.4 Å². The molecule has 0 unspecified atom stereocenters. The van der Waals surface area contributed by atoms with E-state index in [2.05, 4.69) is 10.3 Å². The minimum atomic E-state index is -0.505. The van der Waals surface area contributed by atoms with Crippen molar-refractivity contribution in [3.63, 3.8) is 0 Å². The number of carbonyl (C=O) groups is 3. The molecule has 32 heavy (non-hydrogen) atoms. The first-order valence-corrected chi connectivity index (χ1v) is 10.9. The second-order valence-electron chi connectivity index (χ2n) is 7.15. The molecule has 1 fully saturated rings. The lowest BCUT2D eigenvalue weighted by Gasteiger charge is -2.13. The molecule has 1 aliphatic heterocycles. The van der Waals surface area contributed by atoms with Gasteiger partial charge in [0.2, 0.25) is 5.91 Å². The number of rotatable bonds is 5. The second kappa shape index (κ2) is 9.02. The van der Waals surface area contributed by atoms with Crippen LogP contribution < -0.4 is 5.32 Å². The zero-order valence-corrected chi connectivity index (χ0v) is 18.9. The molecule has 1 N–H and O–H groups in total. The summed E-state index contributed by atoms with van der Waals surface area (Å²) in [6.45, 7) is 3.48. The maximum absolute atomic E-state index is 12.8. The van der Waals surface area contributed by atoms with E-state index in [1.54, 1.807) is 36.5 Å². The molecular weight excluding hydrogens is 448 g/mol. The van der Waals surface area contributed by atoms with Gasteiger partial charge in [-0.2, -0.15) is 0 Å². The summed E-state index contributed by atoms with van der Waals surface area (Å²) in [4.78, 5) is 43.2. The van der Waals surface area contributed by atoms with Crippen LogP contribution in [0.15, 0.2) is 59.6 Å². The second-order valence-corrected chi connectivity index (χ2v) is 8.55. The molecule has 0 spiro atoms. The first-order valence-electron chi connectivity index (χ1n) is 9.75. The highest BCUT2D eigenvalue weighted by molar-refractivity contribution is 8.18. The SMILES string of the molecule is Cc1cc(/C=C2/SC(=O)N(CC(=O)Nc3ccccc3Cl)C2=O)c(C)n1-c1ccccn1. The van der Waals surface area contributed by atoms with Gasteiger partial charge in [0.25, 0.3) is 11.1 Å². The third-order valence-electron chi connectivity index (χ3n) is 4.96. The average Bonchev–Trinajstić information content (AvgIpc) is 3.19. The van der Waals surface area contributed by atoms with Gasteiger partial charge in [-0.05, 0) is 67.6 Å². The topological polar surface area (TPSA) is 84.3 Å². The molecule has 0 atom stereocenters. The fourth-order valence-corrected chi connectivity index (χ4v) is 4.46. The maximum atomic E-state index is 12.8. The lowest BCUT2D eigenvalue weighted by molar-refractivity contribution is -0.127. The molecule has 9 heteroatoms. The number of imide groups is 1. The maximum Gasteiger partial charge on any atom is 0.294 e. The van der Waals surface area contributed by atoms with Gasteiger partial charge in [-0.15, -0.1) is 0 Å². The molecule has 2 aromatic heterocycles. The Kier molecular flexibility index (Phi) is 6.16. The van der Waals surface area contributed by atoms with Crippen LogP contribution in [-0.2, 0) is 9.59 Å². The number of carbonyl (C=O) groups excluding carboxylic acids is 3. The molecule has 162 valence electrons. The predicted molar refractivity (Wildman–Crippen MR) is 126 cm³/mol. The number of para-hydroxylation sites is 1. The zero-order valence-electron chi connectivity index (χ0n) is 17.3. The number of aryl methyl sites for hydroxylation is 1. The molecule has 1 saturated heterocycles. The summed E-state index contributed by atoms with van der Waals surface area (Å²) >= 11 is 6.86. The van der Waals surface area contributed by atoms with Crippen molar-refractivity contribution in [1.82, 2.24) is 14.5 Å². The Balaban J connectivity index is 1.53. The number of hydrogen-bond acceptors (Lipinski definition) is 5. The predicted octanol–water partition coefficient (Wildman–Crippen LogP) is 4.82. The minimum absolute atomic E-state index is 0.266. The van der Waals surface area contributed by atoms with Gasteiger partial charge in [-0.25, -0.2) is 4.98 Å². The molecule has 0 radical (unpaired) electrons. The quantitative estimate of drug-likeness (QED) is 0.545. The molecular formula is C23H19ClN4O3S. The first kappa shape index (κ1) is 21.9. The molecule has 4 rings (SSSR count). The van der Waals surface area contributed by atoms with E-state index in [9.17, 15) is 14.4 Å². The Hall–Kier alpha value is -3.36. The van der Waals surface area contributed by atoms with Crippen LogP contribution in [0.3, 0.4) is 0 Å². The van der Waals surface area contributed by atoms with Crippen molar-refractivity contribution in [2.24, 2.45) is 0 Å². The van der Waals surface area contributed by atoms with Crippen LogP contribution in [0.5, 0.6) is 0 Å². The van der Waals surface area contributed by atoms with E-state index in [0.29, 0.717) is 10.7 Å². The van der Waals surface area contributed by atoms with Crippen molar-refractivity contribution < 1.29 is 14.4 Å². The number of benzene rings is 1. The molecule has 3 aromatic rings. The third-order valence-corrected chi connectivity index (χ3v) is 6.20. The fraction of sp³-hybridized carbons (Fsp3) is 0.130. The summed E-state index contributed by atoms with van der Waals surface area (Å²) in [6.07, 6.45) is 3.39. The van der Waals surface area contributed by atoms with Gasteiger partial charge in [0.15, 0.2) is 0 Å². The molecule has 0 aliphatic carbocycles. The molecule has 7 nitrogen and oxygen atoms in total. The van der Waals surface area contributed by atoms with Gasteiger partial charge in [0.05, 0.1) is 15.6 Å². The summed E-state index contributed by atoms with van der Waals surface area (Å²) in [6, 6.07) is 14.3. The van der Waals surface area contributed by atoms with Crippen LogP contribution in [0.1, 0.15) is 17.0 Å². The Labute approximate surface area is 194 Å². The average molecular weight is 467 g/mol. The summed E-state index contributed by atoms with van der Waals surface area (Å²) in [5, 5.41) is 2.51. The number of pyridine rings is 1. The van der Waals surface area contributed by atoms with Crippen LogP contribution in [0.2, 0.25) is 5.02 Å². The van der Waals surface area contributed by atoms with E-state index < -0.39 is 17.1 Å². The Morgan fingerprint density at radius 2 is 1.91 bits per heavy atom. The first-order chi connectivity index (χ1) is 15.3. The van der Waals surface area contributed by atoms with E-state index in [1.165, 1.54) is 0 Å². The van der Waals surface area contributed by atoms with Crippen LogP contribution >= 0.6 is 23.4 Å². The molecule has 1 aliphatic rings. The number of nitrogens with one attached hydrogen (secondary N) is 1. The summed E-state index contributed by atoms with van der Waals surface area (Å²) < 4.78 is 1.98. The van der Waals surface area contributed by atoms with E-state index in [4.69, 9.17) is 11.6 Å². The smallest absolute Gasteiger partial charge is 0.294 e. The number of anilines is 1. The largest absolute Gasteiger partial charge is 0.323 e. The van der Waals surface area contributed by atoms with Crippen molar-refractivity contribution in [2.75, 3.05) is 11.9 Å². The van der Waals surface area contributed by atoms with Crippen molar-refractivity contribution >= 4 is 52.2 Å². The van der Waals surface area contributed by atoms with Gasteiger partial charge in [-0.3, -0.25) is 19.3 Å². The molecule has 0 bridgehead atoms. The number of amides is 3. The minimum Gasteiger partial charge on any atom is -0.323 e. The number of nitrogens with zero attached hydrogens (tertiary/aromatic N) is 3. The summed E-state index contributed by atoms with van der Waals surface area (Å²) in [5.41, 5.74) is 3.07. The standard InChI is InChI=1S/C23H19ClN4O3S/c1-14-11-16(15(2)28(14)20-9-5-6-10-25-20)12-19-22(30)27(23(31)32-19)13-21(29)26-18-8-4-3-7-17(18)24/h3-12H,13H2,1-2H3,(H,26,29)/b19-12+. The van der Waals surface area contributed by atoms with Gasteiger partial charge in [-0.1, -0.05) is 29.8 Å². The third kappa shape index (κ3) is 4.32. The van der Waals surface area contributed by atoms with Gasteiger partial charge >= 0.3 is 0 Å². The monoisotopic (exact) mass is 466 g/mol. The number of halogens is 1. The van der Waals surface area contributed by atoms with Crippen molar-refractivity contribution in [3.05, 3.63) is 81.6 Å². The lowest BCUT2D eigenvalue weighted by Crippen LogP contribution is -2.36. The summed E-state index contributed by atoms with van der Waals surface area (Å²) in [5.74, 6) is -0.238. The van der Waals surface area contributed by atoms with Gasteiger partial charge in [0.1, 0.15) is 12.4 Å². The van der Waals surface area contributed by atoms with Crippen molar-refractivity contribution in [3.8, 4) is 5.82 Å². The van der Waals surface area contributed by atoms with Crippen LogP contribution in [-0.4, -0.2) is 38.0 Å². The Morgan fingerprint density at radius 1 is 1.16 bits per heavy atom. The van der Waals surface area contributed by atoms with Gasteiger partial charge in [0, 0.05) is 17.6 Å². The molecule has 3 amide bonds. The van der Waals surface area contributed by atoms with Crippen LogP contribution in [0.25, 0.3) is 11.9 Å².